The monoisotopic (exact) mass is 549 g/mol. The van der Waals surface area contributed by atoms with Gasteiger partial charge in [0.25, 0.3) is 0 Å². The van der Waals surface area contributed by atoms with Crippen LogP contribution in [0.3, 0.4) is 0 Å². The highest BCUT2D eigenvalue weighted by molar-refractivity contribution is 6.32. The van der Waals surface area contributed by atoms with Crippen LogP contribution in [0.1, 0.15) is 68.1 Å². The number of rotatable bonds is 8. The van der Waals surface area contributed by atoms with E-state index in [4.69, 9.17) is 21.1 Å². The lowest BCUT2D eigenvalue weighted by Crippen LogP contribution is -2.41. The van der Waals surface area contributed by atoms with E-state index >= 15 is 0 Å². The summed E-state index contributed by atoms with van der Waals surface area (Å²) in [6, 6.07) is 11.6. The SMILES string of the molecule is CCOc1cc(C2C3=C(CCCC3=O)N(CC(=O)O)C3=C2C(=O)CCC3)cc(Cl)c1OCc1ccc(C)cc1. The van der Waals surface area contributed by atoms with Gasteiger partial charge in [-0.1, -0.05) is 41.4 Å². The van der Waals surface area contributed by atoms with Crippen LogP contribution in [0, 0.1) is 6.92 Å². The lowest BCUT2D eigenvalue weighted by Gasteiger charge is -2.43. The summed E-state index contributed by atoms with van der Waals surface area (Å²) in [5, 5.41) is 9.99. The summed E-state index contributed by atoms with van der Waals surface area (Å²) in [6.45, 7) is 4.29. The van der Waals surface area contributed by atoms with Gasteiger partial charge in [0.15, 0.2) is 23.1 Å². The average molecular weight is 550 g/mol. The number of aliphatic carboxylic acids is 1. The molecule has 2 aromatic carbocycles. The molecule has 0 fully saturated rings. The minimum Gasteiger partial charge on any atom is -0.490 e. The highest BCUT2D eigenvalue weighted by Crippen LogP contribution is 2.51. The number of carboxylic acids is 1. The van der Waals surface area contributed by atoms with Gasteiger partial charge in [-0.25, -0.2) is 0 Å². The Hall–Kier alpha value is -3.58. The van der Waals surface area contributed by atoms with Gasteiger partial charge in [0, 0.05) is 41.3 Å². The molecule has 0 aromatic heterocycles. The minimum absolute atomic E-state index is 0.0599. The van der Waals surface area contributed by atoms with E-state index < -0.39 is 11.9 Å². The van der Waals surface area contributed by atoms with Gasteiger partial charge in [-0.05, 0) is 62.8 Å². The summed E-state index contributed by atoms with van der Waals surface area (Å²) in [6.07, 6.45) is 3.18. The molecule has 0 unspecified atom stereocenters. The van der Waals surface area contributed by atoms with Crippen molar-refractivity contribution in [3.05, 3.63) is 80.7 Å². The fourth-order valence-corrected chi connectivity index (χ4v) is 6.15. The van der Waals surface area contributed by atoms with Crippen LogP contribution < -0.4 is 9.47 Å². The Morgan fingerprint density at radius 2 is 1.59 bits per heavy atom. The molecule has 0 atom stereocenters. The van der Waals surface area contributed by atoms with Gasteiger partial charge in [-0.2, -0.15) is 0 Å². The number of ketones is 2. The van der Waals surface area contributed by atoms with Crippen molar-refractivity contribution in [3.63, 3.8) is 0 Å². The number of carbonyl (C=O) groups excluding carboxylic acids is 2. The van der Waals surface area contributed by atoms with Gasteiger partial charge < -0.3 is 19.5 Å². The Labute approximate surface area is 233 Å². The molecule has 0 spiro atoms. The molecule has 204 valence electrons. The highest BCUT2D eigenvalue weighted by Gasteiger charge is 2.44. The molecule has 8 heteroatoms. The molecule has 0 saturated heterocycles. The maximum absolute atomic E-state index is 13.4. The predicted molar refractivity (Wildman–Crippen MR) is 147 cm³/mol. The zero-order valence-corrected chi connectivity index (χ0v) is 23.0. The molecule has 39 heavy (non-hydrogen) atoms. The van der Waals surface area contributed by atoms with Crippen molar-refractivity contribution >= 4 is 29.1 Å². The Morgan fingerprint density at radius 3 is 2.15 bits per heavy atom. The number of ether oxygens (including phenoxy) is 2. The molecule has 0 amide bonds. The second kappa shape index (κ2) is 11.3. The lowest BCUT2D eigenvalue weighted by atomic mass is 9.71. The molecule has 0 saturated carbocycles. The van der Waals surface area contributed by atoms with Crippen LogP contribution in [0.15, 0.2) is 58.9 Å². The number of carbonyl (C=O) groups is 3. The Bertz CT molecular complexity index is 1350. The maximum atomic E-state index is 13.4. The maximum Gasteiger partial charge on any atom is 0.323 e. The lowest BCUT2D eigenvalue weighted by molar-refractivity contribution is -0.138. The zero-order chi connectivity index (χ0) is 27.7. The molecule has 0 bridgehead atoms. The normalized spacial score (nSPS) is 17.8. The van der Waals surface area contributed by atoms with E-state index in [1.165, 1.54) is 0 Å². The fraction of sp³-hybridized carbons (Fsp3) is 0.387. The first-order valence-electron chi connectivity index (χ1n) is 13.4. The number of hydrogen-bond acceptors (Lipinski definition) is 6. The number of halogens is 1. The standard InChI is InChI=1S/C31H32ClNO6/c1-3-38-26-15-20(14-21(32)31(26)39-17-19-12-10-18(2)11-13-19)28-29-22(6-4-8-24(29)34)33(16-27(36)37)23-7-5-9-25(35)30(23)28/h10-15,28H,3-9,16-17H2,1-2H3,(H,36,37). The third-order valence-corrected chi connectivity index (χ3v) is 7.83. The van der Waals surface area contributed by atoms with Crippen molar-refractivity contribution in [1.29, 1.82) is 0 Å². The van der Waals surface area contributed by atoms with Gasteiger partial charge in [0.2, 0.25) is 0 Å². The first kappa shape index (κ1) is 27.0. The highest BCUT2D eigenvalue weighted by atomic mass is 35.5. The average Bonchev–Trinajstić information content (AvgIpc) is 2.90. The Balaban J connectivity index is 1.61. The number of hydrogen-bond donors (Lipinski definition) is 1. The van der Waals surface area contributed by atoms with E-state index in [0.717, 1.165) is 11.1 Å². The van der Waals surface area contributed by atoms with Gasteiger partial charge in [-0.3, -0.25) is 14.4 Å². The first-order chi connectivity index (χ1) is 18.8. The van der Waals surface area contributed by atoms with Gasteiger partial charge >= 0.3 is 5.97 Å². The molecule has 2 aromatic rings. The van der Waals surface area contributed by atoms with Crippen molar-refractivity contribution < 1.29 is 29.0 Å². The van der Waals surface area contributed by atoms with Gasteiger partial charge in [0.05, 0.1) is 11.6 Å². The van der Waals surface area contributed by atoms with Crippen LogP contribution in [0.4, 0.5) is 0 Å². The van der Waals surface area contributed by atoms with E-state index in [9.17, 15) is 19.5 Å². The molecule has 7 nitrogen and oxygen atoms in total. The summed E-state index contributed by atoms with van der Waals surface area (Å²) < 4.78 is 12.1. The van der Waals surface area contributed by atoms with Crippen molar-refractivity contribution in [2.24, 2.45) is 0 Å². The number of allylic oxidation sites excluding steroid dienone is 4. The Morgan fingerprint density at radius 1 is 0.974 bits per heavy atom. The number of aryl methyl sites for hydroxylation is 1. The number of Topliss-reactive ketones (excluding diaryl/α,β-unsaturated/α-hetero) is 2. The van der Waals surface area contributed by atoms with Crippen LogP contribution in [-0.2, 0) is 21.0 Å². The third kappa shape index (κ3) is 5.33. The van der Waals surface area contributed by atoms with E-state index in [-0.39, 0.29) is 18.1 Å². The van der Waals surface area contributed by atoms with Crippen molar-refractivity contribution in [3.8, 4) is 11.5 Å². The quantitative estimate of drug-likeness (QED) is 0.423. The Kier molecular flexibility index (Phi) is 7.80. The smallest absolute Gasteiger partial charge is 0.323 e. The molecule has 1 heterocycles. The van der Waals surface area contributed by atoms with E-state index in [0.29, 0.717) is 96.4 Å². The minimum atomic E-state index is -1.00. The number of nitrogens with zero attached hydrogens (tertiary/aromatic N) is 1. The third-order valence-electron chi connectivity index (χ3n) is 7.55. The van der Waals surface area contributed by atoms with E-state index in [2.05, 4.69) is 0 Å². The van der Waals surface area contributed by atoms with Gasteiger partial charge in [0.1, 0.15) is 13.2 Å². The largest absolute Gasteiger partial charge is 0.490 e. The molecular formula is C31H32ClNO6. The van der Waals surface area contributed by atoms with Gasteiger partial charge in [-0.15, -0.1) is 0 Å². The molecule has 1 aliphatic heterocycles. The summed E-state index contributed by atoms with van der Waals surface area (Å²) in [7, 11) is 0. The molecule has 2 aliphatic carbocycles. The predicted octanol–water partition coefficient (Wildman–Crippen LogP) is 6.12. The molecule has 1 N–H and O–H groups in total. The van der Waals surface area contributed by atoms with Crippen molar-refractivity contribution in [2.75, 3.05) is 13.2 Å². The molecular weight excluding hydrogens is 518 g/mol. The van der Waals surface area contributed by atoms with Crippen LogP contribution >= 0.6 is 11.6 Å². The molecule has 3 aliphatic rings. The first-order valence-corrected chi connectivity index (χ1v) is 13.8. The van der Waals surface area contributed by atoms with Crippen LogP contribution in [0.25, 0.3) is 0 Å². The summed E-state index contributed by atoms with van der Waals surface area (Å²) >= 11 is 6.81. The summed E-state index contributed by atoms with van der Waals surface area (Å²) in [4.78, 5) is 40.3. The second-order valence-corrected chi connectivity index (χ2v) is 10.6. The second-order valence-electron chi connectivity index (χ2n) is 10.2. The molecule has 5 rings (SSSR count). The van der Waals surface area contributed by atoms with E-state index in [1.807, 2.05) is 44.2 Å². The van der Waals surface area contributed by atoms with Crippen LogP contribution in [0.5, 0.6) is 11.5 Å². The van der Waals surface area contributed by atoms with Crippen molar-refractivity contribution in [2.45, 2.75) is 64.9 Å². The van der Waals surface area contributed by atoms with Crippen molar-refractivity contribution in [1.82, 2.24) is 4.90 Å². The fourth-order valence-electron chi connectivity index (χ4n) is 5.87. The van der Waals surface area contributed by atoms with E-state index in [1.54, 1.807) is 11.0 Å². The van der Waals surface area contributed by atoms with Crippen LogP contribution in [-0.4, -0.2) is 40.7 Å². The summed E-state index contributed by atoms with van der Waals surface area (Å²) in [5.41, 5.74) is 5.24. The summed E-state index contributed by atoms with van der Waals surface area (Å²) in [5.74, 6) is -0.899. The van der Waals surface area contributed by atoms with Crippen LogP contribution in [0.2, 0.25) is 5.02 Å². The number of carboxylic acid groups (broad SMARTS) is 1. The topological polar surface area (TPSA) is 93.1 Å². The number of benzene rings is 2. The zero-order valence-electron chi connectivity index (χ0n) is 22.2. The molecule has 0 radical (unpaired) electrons.